The van der Waals surface area contributed by atoms with Crippen LogP contribution in [0.2, 0.25) is 5.02 Å². The average Bonchev–Trinajstić information content (AvgIpc) is 2.64. The molecule has 0 fully saturated rings. The van der Waals surface area contributed by atoms with Gasteiger partial charge >= 0.3 is 5.97 Å². The van der Waals surface area contributed by atoms with Crippen LogP contribution in [0.4, 0.5) is 23.1 Å². The Balaban J connectivity index is 1.91. The van der Waals surface area contributed by atoms with Crippen molar-refractivity contribution in [3.63, 3.8) is 0 Å². The molecule has 0 radical (unpaired) electrons. The third-order valence-electron chi connectivity index (χ3n) is 3.90. The van der Waals surface area contributed by atoms with Crippen LogP contribution in [-0.4, -0.2) is 23.0 Å². The van der Waals surface area contributed by atoms with E-state index in [0.717, 1.165) is 16.9 Å². The molecule has 0 saturated carbocycles. The molecule has 6 nitrogen and oxygen atoms in total. The van der Waals surface area contributed by atoms with Crippen LogP contribution in [0.15, 0.2) is 48.5 Å². The van der Waals surface area contributed by atoms with E-state index >= 15 is 0 Å². The molecule has 0 amide bonds. The molecule has 0 bridgehead atoms. The number of nitrogens with one attached hydrogen (secondary N) is 2. The van der Waals surface area contributed by atoms with E-state index in [2.05, 4.69) is 20.6 Å². The standard InChI is InChI=1S/C20H19ClN4O2/c1-12-8-9-14(21)11-17(12)24-20-22-13(2)10-18(25-20)23-16-7-5-4-6-15(16)19(26)27-3/h4-11H,1-3H3,(H2,22,23,24,25). The lowest BCUT2D eigenvalue weighted by Crippen LogP contribution is -2.07. The smallest absolute Gasteiger partial charge is 0.339 e. The van der Waals surface area contributed by atoms with Crippen LogP contribution in [0.5, 0.6) is 0 Å². The molecule has 3 rings (SSSR count). The van der Waals surface area contributed by atoms with Crippen molar-refractivity contribution in [1.29, 1.82) is 0 Å². The predicted molar refractivity (Wildman–Crippen MR) is 107 cm³/mol. The fourth-order valence-corrected chi connectivity index (χ4v) is 2.73. The number of carbonyl (C=O) groups is 1. The SMILES string of the molecule is COC(=O)c1ccccc1Nc1cc(C)nc(Nc2cc(Cl)ccc2C)n1. The van der Waals surface area contributed by atoms with Gasteiger partial charge in [-0.1, -0.05) is 29.8 Å². The first-order valence-corrected chi connectivity index (χ1v) is 8.67. The summed E-state index contributed by atoms with van der Waals surface area (Å²) >= 11 is 6.08. The van der Waals surface area contributed by atoms with E-state index in [1.807, 2.05) is 38.1 Å². The maximum absolute atomic E-state index is 11.9. The molecule has 0 aliphatic heterocycles. The molecule has 3 aromatic rings. The van der Waals surface area contributed by atoms with Gasteiger partial charge in [0.2, 0.25) is 5.95 Å². The molecule has 0 saturated heterocycles. The molecule has 7 heteroatoms. The highest BCUT2D eigenvalue weighted by atomic mass is 35.5. The van der Waals surface area contributed by atoms with Gasteiger partial charge in [-0.05, 0) is 43.7 Å². The molecular formula is C20H19ClN4O2. The normalized spacial score (nSPS) is 10.4. The number of halogens is 1. The van der Waals surface area contributed by atoms with Gasteiger partial charge in [-0.25, -0.2) is 9.78 Å². The molecule has 2 N–H and O–H groups in total. The summed E-state index contributed by atoms with van der Waals surface area (Å²) in [6.45, 7) is 3.84. The highest BCUT2D eigenvalue weighted by Crippen LogP contribution is 2.25. The van der Waals surface area contributed by atoms with Gasteiger partial charge in [0.25, 0.3) is 0 Å². The van der Waals surface area contributed by atoms with Crippen LogP contribution in [0, 0.1) is 13.8 Å². The minimum Gasteiger partial charge on any atom is -0.465 e. The summed E-state index contributed by atoms with van der Waals surface area (Å²) in [5, 5.41) is 6.98. The molecule has 1 heterocycles. The molecule has 2 aromatic carbocycles. The first kappa shape index (κ1) is 18.7. The van der Waals surface area contributed by atoms with Crippen LogP contribution in [0.1, 0.15) is 21.6 Å². The highest BCUT2D eigenvalue weighted by molar-refractivity contribution is 6.30. The number of hydrogen-bond donors (Lipinski definition) is 2. The minimum atomic E-state index is -0.420. The molecule has 0 atom stereocenters. The number of carbonyl (C=O) groups excluding carboxylic acids is 1. The lowest BCUT2D eigenvalue weighted by Gasteiger charge is -2.13. The summed E-state index contributed by atoms with van der Waals surface area (Å²) in [5.74, 6) is 0.566. The largest absolute Gasteiger partial charge is 0.465 e. The van der Waals surface area contributed by atoms with E-state index < -0.39 is 5.97 Å². The first-order chi connectivity index (χ1) is 13.0. The molecular weight excluding hydrogens is 364 g/mol. The molecule has 0 unspecified atom stereocenters. The molecule has 0 aliphatic carbocycles. The zero-order valence-corrected chi connectivity index (χ0v) is 16.0. The van der Waals surface area contributed by atoms with Crippen LogP contribution in [0.25, 0.3) is 0 Å². The van der Waals surface area contributed by atoms with Gasteiger partial charge in [-0.3, -0.25) is 0 Å². The first-order valence-electron chi connectivity index (χ1n) is 8.29. The van der Waals surface area contributed by atoms with E-state index in [1.54, 1.807) is 24.3 Å². The Morgan fingerprint density at radius 3 is 2.56 bits per heavy atom. The second kappa shape index (κ2) is 8.05. The third kappa shape index (κ3) is 4.54. The zero-order valence-electron chi connectivity index (χ0n) is 15.2. The number of ether oxygens (including phenoxy) is 1. The van der Waals surface area contributed by atoms with Crippen LogP contribution in [0.3, 0.4) is 0 Å². The van der Waals surface area contributed by atoms with E-state index in [0.29, 0.717) is 28.0 Å². The monoisotopic (exact) mass is 382 g/mol. The Hall–Kier alpha value is -3.12. The fraction of sp³-hybridized carbons (Fsp3) is 0.150. The number of methoxy groups -OCH3 is 1. The number of aromatic nitrogens is 2. The summed E-state index contributed by atoms with van der Waals surface area (Å²) in [7, 11) is 1.35. The van der Waals surface area contributed by atoms with Crippen molar-refractivity contribution >= 4 is 40.7 Å². The van der Waals surface area contributed by atoms with Gasteiger partial charge in [0, 0.05) is 22.5 Å². The van der Waals surface area contributed by atoms with Crippen molar-refractivity contribution < 1.29 is 9.53 Å². The van der Waals surface area contributed by atoms with Crippen molar-refractivity contribution in [2.24, 2.45) is 0 Å². The molecule has 1 aromatic heterocycles. The van der Waals surface area contributed by atoms with E-state index in [-0.39, 0.29) is 0 Å². The van der Waals surface area contributed by atoms with Crippen molar-refractivity contribution in [3.8, 4) is 0 Å². The number of esters is 1. The number of hydrogen-bond acceptors (Lipinski definition) is 6. The minimum absolute atomic E-state index is 0.420. The summed E-state index contributed by atoms with van der Waals surface area (Å²) in [6.07, 6.45) is 0. The highest BCUT2D eigenvalue weighted by Gasteiger charge is 2.12. The van der Waals surface area contributed by atoms with E-state index in [4.69, 9.17) is 16.3 Å². The van der Waals surface area contributed by atoms with Crippen LogP contribution >= 0.6 is 11.6 Å². The van der Waals surface area contributed by atoms with Gasteiger partial charge in [0.05, 0.1) is 18.4 Å². The Morgan fingerprint density at radius 1 is 1.00 bits per heavy atom. The van der Waals surface area contributed by atoms with Gasteiger partial charge in [0.15, 0.2) is 0 Å². The maximum Gasteiger partial charge on any atom is 0.339 e. The lowest BCUT2D eigenvalue weighted by molar-refractivity contribution is 0.0602. The molecule has 0 spiro atoms. The Labute approximate surface area is 162 Å². The van der Waals surface area contributed by atoms with Gasteiger partial charge in [-0.2, -0.15) is 4.98 Å². The topological polar surface area (TPSA) is 76.1 Å². The Kier molecular flexibility index (Phi) is 5.57. The van der Waals surface area contributed by atoms with E-state index in [9.17, 15) is 4.79 Å². The fourth-order valence-electron chi connectivity index (χ4n) is 2.56. The Bertz CT molecular complexity index is 991. The second-order valence-corrected chi connectivity index (χ2v) is 6.40. The van der Waals surface area contributed by atoms with Crippen molar-refractivity contribution in [1.82, 2.24) is 9.97 Å². The number of rotatable bonds is 5. The summed E-state index contributed by atoms with van der Waals surface area (Å²) in [5.41, 5.74) is 3.65. The second-order valence-electron chi connectivity index (χ2n) is 5.96. The third-order valence-corrected chi connectivity index (χ3v) is 4.13. The quantitative estimate of drug-likeness (QED) is 0.603. The lowest BCUT2D eigenvalue weighted by atomic mass is 10.2. The predicted octanol–water partition coefficient (Wildman–Crippen LogP) is 5.02. The maximum atomic E-state index is 11.9. The van der Waals surface area contributed by atoms with Gasteiger partial charge in [0.1, 0.15) is 5.82 Å². The number of benzene rings is 2. The van der Waals surface area contributed by atoms with Crippen LogP contribution in [-0.2, 0) is 4.74 Å². The average molecular weight is 383 g/mol. The van der Waals surface area contributed by atoms with Gasteiger partial charge in [-0.15, -0.1) is 0 Å². The van der Waals surface area contributed by atoms with Crippen molar-refractivity contribution in [2.45, 2.75) is 13.8 Å². The number of aryl methyl sites for hydroxylation is 2. The van der Waals surface area contributed by atoms with Gasteiger partial charge < -0.3 is 15.4 Å². The molecule has 27 heavy (non-hydrogen) atoms. The summed E-state index contributed by atoms with van der Waals surface area (Å²) in [6, 6.07) is 14.5. The summed E-state index contributed by atoms with van der Waals surface area (Å²) < 4.78 is 4.83. The number of para-hydroxylation sites is 1. The summed E-state index contributed by atoms with van der Waals surface area (Å²) in [4.78, 5) is 20.9. The van der Waals surface area contributed by atoms with Crippen molar-refractivity contribution in [3.05, 3.63) is 70.4 Å². The molecule has 0 aliphatic rings. The van der Waals surface area contributed by atoms with E-state index in [1.165, 1.54) is 7.11 Å². The van der Waals surface area contributed by atoms with Crippen LogP contribution < -0.4 is 10.6 Å². The number of anilines is 4. The molecule has 138 valence electrons. The zero-order chi connectivity index (χ0) is 19.4. The van der Waals surface area contributed by atoms with Crippen molar-refractivity contribution in [2.75, 3.05) is 17.7 Å². The number of nitrogens with zero attached hydrogens (tertiary/aromatic N) is 2. The Morgan fingerprint density at radius 2 is 1.78 bits per heavy atom.